The highest BCUT2D eigenvalue weighted by Gasteiger charge is 2.21. The van der Waals surface area contributed by atoms with Crippen molar-refractivity contribution in [2.45, 2.75) is 44.0 Å². The number of aliphatic hydroxyl groups excluding tert-OH is 2. The standard InChI is InChI=1S/C17H23ClO6/c1-23-16(21)8-7-13(19)9-14(20)10-15(11-18)24-17(22)12-5-3-2-4-6-12/h2-6,13-15,19-20H,7-11H2,1H3/t13-,14-,15+/m0/s1. The second kappa shape index (κ2) is 11.0. The number of aliphatic hydroxyl groups is 2. The summed E-state index contributed by atoms with van der Waals surface area (Å²) in [4.78, 5) is 23.0. The minimum absolute atomic E-state index is 0.0356. The molecule has 0 heterocycles. The molecule has 0 fully saturated rings. The minimum Gasteiger partial charge on any atom is -0.469 e. The first kappa shape index (κ1) is 20.4. The molecule has 1 aromatic carbocycles. The molecule has 0 saturated carbocycles. The number of halogens is 1. The fourth-order valence-electron chi connectivity index (χ4n) is 2.15. The third-order valence-corrected chi connectivity index (χ3v) is 3.79. The Bertz CT molecular complexity index is 507. The van der Waals surface area contributed by atoms with Crippen LogP contribution in [-0.2, 0) is 14.3 Å². The van der Waals surface area contributed by atoms with Crippen LogP contribution in [0, 0.1) is 0 Å². The molecule has 0 aliphatic carbocycles. The zero-order valence-electron chi connectivity index (χ0n) is 13.6. The summed E-state index contributed by atoms with van der Waals surface area (Å²) in [6, 6.07) is 8.48. The molecule has 7 heteroatoms. The Balaban J connectivity index is 2.41. The molecule has 0 bridgehead atoms. The number of esters is 2. The lowest BCUT2D eigenvalue weighted by molar-refractivity contribution is -0.141. The lowest BCUT2D eigenvalue weighted by atomic mass is 10.0. The van der Waals surface area contributed by atoms with Gasteiger partial charge in [0.05, 0.1) is 30.8 Å². The van der Waals surface area contributed by atoms with Crippen LogP contribution in [0.3, 0.4) is 0 Å². The van der Waals surface area contributed by atoms with Crippen molar-refractivity contribution in [3.63, 3.8) is 0 Å². The number of rotatable bonds is 10. The average molecular weight is 359 g/mol. The third-order valence-electron chi connectivity index (χ3n) is 3.44. The molecule has 1 aromatic rings. The fourth-order valence-corrected chi connectivity index (χ4v) is 2.34. The van der Waals surface area contributed by atoms with Gasteiger partial charge in [-0.15, -0.1) is 11.6 Å². The van der Waals surface area contributed by atoms with Crippen LogP contribution >= 0.6 is 11.6 Å². The monoisotopic (exact) mass is 358 g/mol. The Kier molecular flexibility index (Phi) is 9.37. The summed E-state index contributed by atoms with van der Waals surface area (Å²) in [5.74, 6) is -0.896. The number of methoxy groups -OCH3 is 1. The molecule has 0 aliphatic heterocycles. The predicted molar refractivity (Wildman–Crippen MR) is 88.9 cm³/mol. The van der Waals surface area contributed by atoms with Gasteiger partial charge in [0.1, 0.15) is 6.10 Å². The Morgan fingerprint density at radius 2 is 1.79 bits per heavy atom. The fraction of sp³-hybridized carbons (Fsp3) is 0.529. The van der Waals surface area contributed by atoms with Crippen LogP contribution in [-0.4, -0.2) is 53.5 Å². The maximum atomic E-state index is 12.0. The van der Waals surface area contributed by atoms with Crippen molar-refractivity contribution < 1.29 is 29.3 Å². The number of carbonyl (C=O) groups is 2. The zero-order valence-corrected chi connectivity index (χ0v) is 14.3. The average Bonchev–Trinajstić information content (AvgIpc) is 2.59. The van der Waals surface area contributed by atoms with E-state index in [4.69, 9.17) is 16.3 Å². The van der Waals surface area contributed by atoms with Crippen molar-refractivity contribution in [2.24, 2.45) is 0 Å². The molecule has 2 N–H and O–H groups in total. The Morgan fingerprint density at radius 1 is 1.12 bits per heavy atom. The van der Waals surface area contributed by atoms with Gasteiger partial charge in [0, 0.05) is 12.8 Å². The van der Waals surface area contributed by atoms with Crippen LogP contribution in [0.4, 0.5) is 0 Å². The first-order chi connectivity index (χ1) is 11.5. The highest BCUT2D eigenvalue weighted by atomic mass is 35.5. The molecule has 0 amide bonds. The van der Waals surface area contributed by atoms with Crippen molar-refractivity contribution >= 4 is 23.5 Å². The van der Waals surface area contributed by atoms with Gasteiger partial charge in [-0.25, -0.2) is 4.79 Å². The number of hydrogen-bond donors (Lipinski definition) is 2. The van der Waals surface area contributed by atoms with Gasteiger partial charge < -0.3 is 19.7 Å². The minimum atomic E-state index is -0.898. The van der Waals surface area contributed by atoms with E-state index in [0.717, 1.165) is 0 Å². The van der Waals surface area contributed by atoms with E-state index in [0.29, 0.717) is 5.56 Å². The molecule has 134 valence electrons. The van der Waals surface area contributed by atoms with Gasteiger partial charge >= 0.3 is 11.9 Å². The van der Waals surface area contributed by atoms with Crippen LogP contribution in [0.5, 0.6) is 0 Å². The van der Waals surface area contributed by atoms with Crippen LogP contribution < -0.4 is 0 Å². The second-order valence-corrected chi connectivity index (χ2v) is 5.75. The maximum Gasteiger partial charge on any atom is 0.338 e. The summed E-state index contributed by atoms with van der Waals surface area (Å²) in [6.07, 6.45) is -1.97. The van der Waals surface area contributed by atoms with Crippen LogP contribution in [0.2, 0.25) is 0 Å². The van der Waals surface area contributed by atoms with Crippen LogP contribution in [0.1, 0.15) is 36.0 Å². The summed E-state index contributed by atoms with van der Waals surface area (Å²) >= 11 is 5.79. The molecule has 24 heavy (non-hydrogen) atoms. The maximum absolute atomic E-state index is 12.0. The molecule has 0 unspecified atom stereocenters. The van der Waals surface area contributed by atoms with E-state index >= 15 is 0 Å². The number of hydrogen-bond acceptors (Lipinski definition) is 6. The highest BCUT2D eigenvalue weighted by Crippen LogP contribution is 2.14. The molecule has 6 nitrogen and oxygen atoms in total. The quantitative estimate of drug-likeness (QED) is 0.490. The van der Waals surface area contributed by atoms with Crippen molar-refractivity contribution in [1.82, 2.24) is 0 Å². The number of benzene rings is 1. The van der Waals surface area contributed by atoms with Gasteiger partial charge in [-0.2, -0.15) is 0 Å². The molecule has 0 aliphatic rings. The summed E-state index contributed by atoms with van der Waals surface area (Å²) in [5.41, 5.74) is 0.403. The molecule has 0 radical (unpaired) electrons. The zero-order chi connectivity index (χ0) is 17.9. The van der Waals surface area contributed by atoms with E-state index in [1.165, 1.54) is 7.11 Å². The molecule has 1 rings (SSSR count). The van der Waals surface area contributed by atoms with Gasteiger partial charge in [0.2, 0.25) is 0 Å². The number of alkyl halides is 1. The van der Waals surface area contributed by atoms with Gasteiger partial charge in [0.15, 0.2) is 0 Å². The van der Waals surface area contributed by atoms with E-state index in [1.807, 2.05) is 0 Å². The van der Waals surface area contributed by atoms with Gasteiger partial charge in [-0.3, -0.25) is 4.79 Å². The predicted octanol–water partition coefficient (Wildman–Crippen LogP) is 1.91. The Hall–Kier alpha value is -1.63. The van der Waals surface area contributed by atoms with Gasteiger partial charge in [-0.1, -0.05) is 18.2 Å². The number of ether oxygens (including phenoxy) is 2. The Labute approximate surface area is 146 Å². The van der Waals surface area contributed by atoms with Crippen molar-refractivity contribution in [3.8, 4) is 0 Å². The highest BCUT2D eigenvalue weighted by molar-refractivity contribution is 6.18. The molecule has 0 saturated heterocycles. The third kappa shape index (κ3) is 7.77. The van der Waals surface area contributed by atoms with E-state index in [1.54, 1.807) is 30.3 Å². The largest absolute Gasteiger partial charge is 0.469 e. The van der Waals surface area contributed by atoms with Gasteiger partial charge in [-0.05, 0) is 25.0 Å². The van der Waals surface area contributed by atoms with E-state index in [2.05, 4.69) is 4.74 Å². The normalized spacial score (nSPS) is 14.5. The summed E-state index contributed by atoms with van der Waals surface area (Å²) in [5, 5.41) is 19.8. The van der Waals surface area contributed by atoms with Crippen molar-refractivity contribution in [2.75, 3.05) is 13.0 Å². The summed E-state index contributed by atoms with van der Waals surface area (Å²) in [6.45, 7) is 0. The van der Waals surface area contributed by atoms with Crippen molar-refractivity contribution in [1.29, 1.82) is 0 Å². The molecular formula is C17H23ClO6. The second-order valence-electron chi connectivity index (χ2n) is 5.44. The topological polar surface area (TPSA) is 93.1 Å². The van der Waals surface area contributed by atoms with Crippen molar-refractivity contribution in [3.05, 3.63) is 35.9 Å². The van der Waals surface area contributed by atoms with E-state index < -0.39 is 30.3 Å². The Morgan fingerprint density at radius 3 is 2.38 bits per heavy atom. The summed E-state index contributed by atoms with van der Waals surface area (Å²) in [7, 11) is 1.27. The first-order valence-electron chi connectivity index (χ1n) is 7.71. The van der Waals surface area contributed by atoms with Crippen LogP contribution in [0.15, 0.2) is 30.3 Å². The molecule has 0 spiro atoms. The molecular weight excluding hydrogens is 336 g/mol. The lowest BCUT2D eigenvalue weighted by Crippen LogP contribution is -2.28. The first-order valence-corrected chi connectivity index (χ1v) is 8.24. The molecule has 3 atom stereocenters. The van der Waals surface area contributed by atoms with E-state index in [9.17, 15) is 19.8 Å². The van der Waals surface area contributed by atoms with Gasteiger partial charge in [0.25, 0.3) is 0 Å². The summed E-state index contributed by atoms with van der Waals surface area (Å²) < 4.78 is 9.75. The smallest absolute Gasteiger partial charge is 0.338 e. The lowest BCUT2D eigenvalue weighted by Gasteiger charge is -2.20. The number of carbonyl (C=O) groups excluding carboxylic acids is 2. The molecule has 0 aromatic heterocycles. The SMILES string of the molecule is COC(=O)CC[C@H](O)C[C@H](O)C[C@H](CCl)OC(=O)c1ccccc1. The van der Waals surface area contributed by atoms with E-state index in [-0.39, 0.29) is 31.6 Å². The van der Waals surface area contributed by atoms with Crippen LogP contribution in [0.25, 0.3) is 0 Å².